The number of carboxylic acid groups (broad SMARTS) is 1. The molecule has 0 unspecified atom stereocenters. The molecule has 0 bridgehead atoms. The van der Waals surface area contributed by atoms with E-state index in [1.54, 1.807) is 12.1 Å². The highest BCUT2D eigenvalue weighted by atomic mass is 32.2. The Hall–Kier alpha value is -3.42. The van der Waals surface area contributed by atoms with Gasteiger partial charge < -0.3 is 5.11 Å². The number of carboxylic acids is 1. The van der Waals surface area contributed by atoms with Crippen molar-refractivity contribution >= 4 is 49.6 Å². The van der Waals surface area contributed by atoms with E-state index in [0.717, 1.165) is 32.5 Å². The average Bonchev–Trinajstić information content (AvgIpc) is 3.62. The van der Waals surface area contributed by atoms with Crippen molar-refractivity contribution in [3.8, 4) is 21.7 Å². The summed E-state index contributed by atoms with van der Waals surface area (Å²) in [5.74, 6) is -1.01. The molecule has 1 aromatic carbocycles. The van der Waals surface area contributed by atoms with E-state index in [9.17, 15) is 31.5 Å². The number of aliphatic carboxylic acids is 1. The molecular formula is C24H18F3N3O4S3. The molecule has 0 spiro atoms. The summed E-state index contributed by atoms with van der Waals surface area (Å²) in [6.07, 6.45) is -3.22. The van der Waals surface area contributed by atoms with Crippen molar-refractivity contribution in [3.05, 3.63) is 70.7 Å². The van der Waals surface area contributed by atoms with Crippen LogP contribution in [-0.2, 0) is 34.5 Å². The molecule has 0 aliphatic heterocycles. The van der Waals surface area contributed by atoms with Gasteiger partial charge >= 0.3 is 12.1 Å². The van der Waals surface area contributed by atoms with Gasteiger partial charge in [0, 0.05) is 25.1 Å². The molecule has 0 atom stereocenters. The molecule has 13 heteroatoms. The normalized spacial score (nSPS) is 12.4. The van der Waals surface area contributed by atoms with Crippen LogP contribution in [0.5, 0.6) is 0 Å². The van der Waals surface area contributed by atoms with Gasteiger partial charge in [-0.05, 0) is 70.3 Å². The molecule has 37 heavy (non-hydrogen) atoms. The number of rotatable bonds is 7. The van der Waals surface area contributed by atoms with E-state index in [0.29, 0.717) is 21.1 Å². The molecule has 7 nitrogen and oxygen atoms in total. The summed E-state index contributed by atoms with van der Waals surface area (Å²) in [4.78, 5) is 11.5. The lowest BCUT2D eigenvalue weighted by Gasteiger charge is -2.06. The summed E-state index contributed by atoms with van der Waals surface area (Å²) in [7, 11) is -2.96. The van der Waals surface area contributed by atoms with Gasteiger partial charge in [-0.25, -0.2) is 3.97 Å². The van der Waals surface area contributed by atoms with Crippen molar-refractivity contribution < 1.29 is 31.5 Å². The van der Waals surface area contributed by atoms with Crippen LogP contribution in [0, 0.1) is 0 Å². The van der Waals surface area contributed by atoms with Crippen molar-refractivity contribution in [1.29, 1.82) is 0 Å². The first-order valence-electron chi connectivity index (χ1n) is 10.8. The van der Waals surface area contributed by atoms with E-state index < -0.39 is 27.9 Å². The Morgan fingerprint density at radius 3 is 2.54 bits per heavy atom. The van der Waals surface area contributed by atoms with Gasteiger partial charge in [0.1, 0.15) is 15.6 Å². The summed E-state index contributed by atoms with van der Waals surface area (Å²) in [6.45, 7) is 0. The Bertz CT molecular complexity index is 1730. The molecule has 192 valence electrons. The number of halogens is 3. The Labute approximate surface area is 217 Å². The summed E-state index contributed by atoms with van der Waals surface area (Å²) in [5, 5.41) is 17.6. The maximum absolute atomic E-state index is 13.6. The van der Waals surface area contributed by atoms with Crippen LogP contribution in [-0.4, -0.2) is 33.2 Å². The van der Waals surface area contributed by atoms with Gasteiger partial charge in [-0.1, -0.05) is 6.07 Å². The van der Waals surface area contributed by atoms with Gasteiger partial charge in [0.2, 0.25) is 0 Å². The maximum Gasteiger partial charge on any atom is 0.433 e. The number of benzene rings is 1. The zero-order chi connectivity index (χ0) is 26.5. The number of fused-ring (bicyclic) bond motifs is 1. The molecule has 4 heterocycles. The predicted octanol–water partition coefficient (Wildman–Crippen LogP) is 6.10. The zero-order valence-electron chi connectivity index (χ0n) is 19.1. The van der Waals surface area contributed by atoms with Crippen LogP contribution in [0.15, 0.2) is 63.6 Å². The van der Waals surface area contributed by atoms with Gasteiger partial charge in [-0.2, -0.15) is 38.0 Å². The number of hydrogen-bond acceptors (Lipinski definition) is 6. The molecule has 5 rings (SSSR count). The Balaban J connectivity index is 1.58. The molecule has 4 aromatic heterocycles. The lowest BCUT2D eigenvalue weighted by molar-refractivity contribution is -0.143. The largest absolute Gasteiger partial charge is 0.481 e. The minimum absolute atomic E-state index is 0.0150. The lowest BCUT2D eigenvalue weighted by Crippen LogP contribution is -2.11. The fourth-order valence-corrected chi connectivity index (χ4v) is 7.47. The molecule has 0 radical (unpaired) electrons. The number of alkyl halides is 3. The monoisotopic (exact) mass is 565 g/mol. The first-order valence-corrected chi connectivity index (χ1v) is 14.0. The van der Waals surface area contributed by atoms with Crippen molar-refractivity contribution in [1.82, 2.24) is 13.8 Å². The first kappa shape index (κ1) is 25.2. The minimum Gasteiger partial charge on any atom is -0.481 e. The van der Waals surface area contributed by atoms with Crippen molar-refractivity contribution in [3.63, 3.8) is 0 Å². The Kier molecular flexibility index (Phi) is 6.24. The van der Waals surface area contributed by atoms with E-state index in [4.69, 9.17) is 0 Å². The molecule has 0 aliphatic rings. The van der Waals surface area contributed by atoms with E-state index in [-0.39, 0.29) is 27.6 Å². The Morgan fingerprint density at radius 1 is 1.11 bits per heavy atom. The van der Waals surface area contributed by atoms with Crippen LogP contribution in [0.25, 0.3) is 32.6 Å². The highest BCUT2D eigenvalue weighted by Gasteiger charge is 2.35. The maximum atomic E-state index is 13.6. The SMILES string of the molecule is Cn1nc(-c2ccc(S(=O)(=O)n3cc(CCC(=O)O)c4cc(-c5ccsc5)ccc43)s2)cc1C(F)(F)F. The molecule has 0 amide bonds. The summed E-state index contributed by atoms with van der Waals surface area (Å²) in [5.41, 5.74) is 1.85. The number of aryl methyl sites for hydroxylation is 2. The molecule has 1 N–H and O–H groups in total. The Morgan fingerprint density at radius 2 is 1.89 bits per heavy atom. The quantitative estimate of drug-likeness (QED) is 0.257. The summed E-state index contributed by atoms with van der Waals surface area (Å²) < 4.78 is 68.6. The number of hydrogen-bond donors (Lipinski definition) is 1. The molecule has 0 saturated carbocycles. The summed E-state index contributed by atoms with van der Waals surface area (Å²) >= 11 is 2.34. The topological polar surface area (TPSA) is 94.2 Å². The lowest BCUT2D eigenvalue weighted by atomic mass is 10.0. The second kappa shape index (κ2) is 9.15. The van der Waals surface area contributed by atoms with Crippen LogP contribution >= 0.6 is 22.7 Å². The molecular weight excluding hydrogens is 547 g/mol. The second-order valence-electron chi connectivity index (χ2n) is 8.25. The van der Waals surface area contributed by atoms with Gasteiger partial charge in [0.25, 0.3) is 10.0 Å². The van der Waals surface area contributed by atoms with Crippen LogP contribution in [0.3, 0.4) is 0 Å². The van der Waals surface area contributed by atoms with Crippen LogP contribution in [0.1, 0.15) is 17.7 Å². The van der Waals surface area contributed by atoms with Gasteiger partial charge in [-0.15, -0.1) is 11.3 Å². The minimum atomic E-state index is -4.59. The first-order chi connectivity index (χ1) is 17.4. The predicted molar refractivity (Wildman–Crippen MR) is 135 cm³/mol. The van der Waals surface area contributed by atoms with E-state index >= 15 is 0 Å². The van der Waals surface area contributed by atoms with Crippen molar-refractivity contribution in [2.75, 3.05) is 0 Å². The third kappa shape index (κ3) is 4.69. The number of nitrogens with zero attached hydrogens (tertiary/aromatic N) is 3. The molecule has 5 aromatic rings. The number of thiophene rings is 2. The molecule has 0 fully saturated rings. The molecule has 0 aliphatic carbocycles. The highest BCUT2D eigenvalue weighted by molar-refractivity contribution is 7.92. The molecule has 0 saturated heterocycles. The van der Waals surface area contributed by atoms with Gasteiger partial charge in [0.05, 0.1) is 10.4 Å². The van der Waals surface area contributed by atoms with Gasteiger partial charge in [0.15, 0.2) is 0 Å². The highest BCUT2D eigenvalue weighted by Crippen LogP contribution is 2.37. The van der Waals surface area contributed by atoms with E-state index in [1.807, 2.05) is 22.9 Å². The van der Waals surface area contributed by atoms with Crippen molar-refractivity contribution in [2.45, 2.75) is 23.2 Å². The second-order valence-corrected chi connectivity index (χ2v) is 12.2. The smallest absolute Gasteiger partial charge is 0.433 e. The van der Waals surface area contributed by atoms with Crippen LogP contribution < -0.4 is 0 Å². The van der Waals surface area contributed by atoms with E-state index in [1.165, 1.54) is 36.7 Å². The zero-order valence-corrected chi connectivity index (χ0v) is 21.5. The van der Waals surface area contributed by atoms with Crippen molar-refractivity contribution in [2.24, 2.45) is 7.05 Å². The third-order valence-electron chi connectivity index (χ3n) is 5.83. The third-order valence-corrected chi connectivity index (χ3v) is 9.77. The fourth-order valence-electron chi connectivity index (χ4n) is 4.06. The fraction of sp³-hybridized carbons (Fsp3) is 0.167. The summed E-state index contributed by atoms with van der Waals surface area (Å²) in [6, 6.07) is 10.9. The number of carbonyl (C=O) groups is 1. The van der Waals surface area contributed by atoms with E-state index in [2.05, 4.69) is 5.10 Å². The van der Waals surface area contributed by atoms with Crippen LogP contribution in [0.4, 0.5) is 13.2 Å². The van der Waals surface area contributed by atoms with Crippen LogP contribution in [0.2, 0.25) is 0 Å². The van der Waals surface area contributed by atoms with Gasteiger partial charge in [-0.3, -0.25) is 9.48 Å². The number of aromatic nitrogens is 3. The standard InChI is InChI=1S/C24H18F3N3O4S3/c1-29-21(24(25,26)27)11-18(28-29)20-5-7-23(36-20)37(33,34)30-12-15(3-6-22(31)32)17-10-14(2-4-19(17)30)16-8-9-35-13-16/h2,4-5,7-13H,3,6H2,1H3,(H,31,32). The average molecular weight is 566 g/mol.